The molecule has 21 heavy (non-hydrogen) atoms. The van der Waals surface area contributed by atoms with Crippen LogP contribution in [0.25, 0.3) is 0 Å². The average molecular weight is 314 g/mol. The molecule has 0 saturated carbocycles. The summed E-state index contributed by atoms with van der Waals surface area (Å²) in [6.07, 6.45) is -7.78. The van der Waals surface area contributed by atoms with E-state index in [1.165, 1.54) is 0 Å². The predicted octanol–water partition coefficient (Wildman–Crippen LogP) is 3.17. The summed E-state index contributed by atoms with van der Waals surface area (Å²) in [5.41, 5.74) is -0.514. The first-order valence-corrected chi connectivity index (χ1v) is 5.35. The van der Waals surface area contributed by atoms with Crippen LogP contribution >= 0.6 is 0 Å². The molecule has 0 aliphatic heterocycles. The maximum Gasteiger partial charge on any atom is 0.461 e. The van der Waals surface area contributed by atoms with Crippen molar-refractivity contribution in [3.05, 3.63) is 29.6 Å². The highest BCUT2D eigenvalue weighted by Crippen LogP contribution is 2.37. The fourth-order valence-electron chi connectivity index (χ4n) is 1.36. The highest BCUT2D eigenvalue weighted by Gasteiger charge is 2.62. The number of benzene rings is 1. The molecule has 1 rings (SSSR count). The van der Waals surface area contributed by atoms with Gasteiger partial charge in [-0.05, 0) is 18.2 Å². The fraction of sp³-hybridized carbons (Fsp3) is 0.333. The van der Waals surface area contributed by atoms with E-state index in [1.807, 2.05) is 0 Å². The van der Waals surface area contributed by atoms with Crippen LogP contribution in [-0.4, -0.2) is 30.8 Å². The fourth-order valence-corrected chi connectivity index (χ4v) is 1.36. The largest absolute Gasteiger partial charge is 0.494 e. The number of ketones is 2. The molecule has 0 heterocycles. The Bertz CT molecular complexity index is 565. The van der Waals surface area contributed by atoms with Gasteiger partial charge in [-0.2, -0.15) is 22.0 Å². The van der Waals surface area contributed by atoms with Crippen LogP contribution in [0.5, 0.6) is 5.75 Å². The third-order valence-electron chi connectivity index (χ3n) is 2.50. The van der Waals surface area contributed by atoms with Gasteiger partial charge in [-0.3, -0.25) is 9.59 Å². The van der Waals surface area contributed by atoms with Crippen molar-refractivity contribution in [3.63, 3.8) is 0 Å². The lowest BCUT2D eigenvalue weighted by molar-refractivity contribution is -0.268. The third-order valence-corrected chi connectivity index (χ3v) is 2.50. The van der Waals surface area contributed by atoms with Crippen molar-refractivity contribution in [2.75, 3.05) is 7.11 Å². The number of rotatable bonds is 5. The Morgan fingerprint density at radius 3 is 2.14 bits per heavy atom. The number of ether oxygens (including phenoxy) is 1. The smallest absolute Gasteiger partial charge is 0.461 e. The maximum atomic E-state index is 13.3. The first-order valence-electron chi connectivity index (χ1n) is 5.35. The second-order valence-corrected chi connectivity index (χ2v) is 3.94. The number of alkyl halides is 5. The molecule has 0 bridgehead atoms. The van der Waals surface area contributed by atoms with Crippen molar-refractivity contribution >= 4 is 11.6 Å². The zero-order valence-electron chi connectivity index (χ0n) is 10.4. The summed E-state index contributed by atoms with van der Waals surface area (Å²) < 4.78 is 79.0. The number of carbonyl (C=O) groups is 2. The molecule has 0 amide bonds. The Morgan fingerprint density at radius 1 is 1.14 bits per heavy atom. The molecule has 0 fully saturated rings. The van der Waals surface area contributed by atoms with Crippen molar-refractivity contribution in [2.24, 2.45) is 0 Å². The van der Waals surface area contributed by atoms with E-state index in [0.29, 0.717) is 6.07 Å². The lowest BCUT2D eigenvalue weighted by Crippen LogP contribution is -2.44. The summed E-state index contributed by atoms with van der Waals surface area (Å²) in [5, 5.41) is 0. The van der Waals surface area contributed by atoms with E-state index in [1.54, 1.807) is 0 Å². The number of carbonyl (C=O) groups excluding carboxylic acids is 2. The molecule has 3 nitrogen and oxygen atoms in total. The molecule has 0 aromatic heterocycles. The molecule has 0 N–H and O–H groups in total. The number of hydrogen-bond donors (Lipinski definition) is 0. The monoisotopic (exact) mass is 314 g/mol. The number of methoxy groups -OCH3 is 1. The second-order valence-electron chi connectivity index (χ2n) is 3.94. The zero-order valence-corrected chi connectivity index (χ0v) is 10.4. The quantitative estimate of drug-likeness (QED) is 0.476. The van der Waals surface area contributed by atoms with Crippen LogP contribution < -0.4 is 4.74 Å². The minimum absolute atomic E-state index is 0.251. The van der Waals surface area contributed by atoms with Gasteiger partial charge in [0.2, 0.25) is 5.78 Å². The summed E-state index contributed by atoms with van der Waals surface area (Å²) in [5.74, 6) is -10.9. The molecule has 0 saturated heterocycles. The standard InChI is InChI=1S/C12H8F6O3/c1-21-9-3-2-6(4-7(9)13)8(19)5-10(20)11(14,15)12(16,17)18/h2-4H,5H2,1H3. The molecule has 1 aromatic rings. The topological polar surface area (TPSA) is 43.4 Å². The Balaban J connectivity index is 2.92. The minimum atomic E-state index is -6.09. The first-order chi connectivity index (χ1) is 9.50. The molecule has 0 unspecified atom stereocenters. The molecule has 0 radical (unpaired) electrons. The Morgan fingerprint density at radius 2 is 1.71 bits per heavy atom. The molecule has 1 aromatic carbocycles. The van der Waals surface area contributed by atoms with Gasteiger partial charge in [0.15, 0.2) is 17.3 Å². The lowest BCUT2D eigenvalue weighted by Gasteiger charge is -2.17. The summed E-state index contributed by atoms with van der Waals surface area (Å²) in [4.78, 5) is 22.3. The van der Waals surface area contributed by atoms with E-state index in [0.717, 1.165) is 19.2 Å². The van der Waals surface area contributed by atoms with Crippen LogP contribution in [0.2, 0.25) is 0 Å². The number of halogens is 6. The van der Waals surface area contributed by atoms with Crippen molar-refractivity contribution in [2.45, 2.75) is 18.5 Å². The Labute approximate surface area is 114 Å². The Hall–Kier alpha value is -2.06. The van der Waals surface area contributed by atoms with Crippen molar-refractivity contribution in [1.29, 1.82) is 0 Å². The second kappa shape index (κ2) is 5.74. The Kier molecular flexibility index (Phi) is 4.65. The SMILES string of the molecule is COc1ccc(C(=O)CC(=O)C(F)(F)C(F)(F)F)cc1F. The van der Waals surface area contributed by atoms with E-state index >= 15 is 0 Å². The normalized spacial score (nSPS) is 12.1. The van der Waals surface area contributed by atoms with Gasteiger partial charge < -0.3 is 4.74 Å². The van der Waals surface area contributed by atoms with Gasteiger partial charge >= 0.3 is 12.1 Å². The van der Waals surface area contributed by atoms with E-state index in [2.05, 4.69) is 4.74 Å². The average Bonchev–Trinajstić information content (AvgIpc) is 2.36. The predicted molar refractivity (Wildman–Crippen MR) is 57.9 cm³/mol. The summed E-state index contributed by atoms with van der Waals surface area (Å²) in [6, 6.07) is 2.51. The molecule has 0 spiro atoms. The van der Waals surface area contributed by atoms with Crippen LogP contribution in [0.1, 0.15) is 16.8 Å². The van der Waals surface area contributed by atoms with Crippen molar-refractivity contribution < 1.29 is 40.7 Å². The van der Waals surface area contributed by atoms with Crippen LogP contribution in [0.4, 0.5) is 26.3 Å². The van der Waals surface area contributed by atoms with Crippen LogP contribution in [0.3, 0.4) is 0 Å². The zero-order chi connectivity index (χ0) is 16.4. The van der Waals surface area contributed by atoms with Gasteiger partial charge in [-0.25, -0.2) is 4.39 Å². The minimum Gasteiger partial charge on any atom is -0.494 e. The van der Waals surface area contributed by atoms with Gasteiger partial charge in [0, 0.05) is 5.56 Å². The van der Waals surface area contributed by atoms with Crippen LogP contribution in [0.15, 0.2) is 18.2 Å². The van der Waals surface area contributed by atoms with E-state index in [4.69, 9.17) is 0 Å². The summed E-state index contributed by atoms with van der Waals surface area (Å²) in [7, 11) is 1.13. The van der Waals surface area contributed by atoms with Crippen LogP contribution in [-0.2, 0) is 4.79 Å². The number of hydrogen-bond acceptors (Lipinski definition) is 3. The van der Waals surface area contributed by atoms with Crippen molar-refractivity contribution in [1.82, 2.24) is 0 Å². The van der Waals surface area contributed by atoms with E-state index in [-0.39, 0.29) is 5.75 Å². The van der Waals surface area contributed by atoms with Crippen molar-refractivity contribution in [3.8, 4) is 5.75 Å². The van der Waals surface area contributed by atoms with Gasteiger partial charge in [0.05, 0.1) is 13.5 Å². The van der Waals surface area contributed by atoms with Crippen LogP contribution in [0, 0.1) is 5.82 Å². The summed E-state index contributed by atoms with van der Waals surface area (Å²) in [6.45, 7) is 0. The molecular formula is C12H8F6O3. The molecular weight excluding hydrogens is 306 g/mol. The van der Waals surface area contributed by atoms with Gasteiger partial charge in [-0.15, -0.1) is 0 Å². The molecule has 9 heteroatoms. The maximum absolute atomic E-state index is 13.3. The first kappa shape index (κ1) is 17.0. The molecule has 0 aliphatic rings. The van der Waals surface area contributed by atoms with E-state index in [9.17, 15) is 35.9 Å². The van der Waals surface area contributed by atoms with Gasteiger partial charge in [0.1, 0.15) is 0 Å². The number of Topliss-reactive ketones (excluding diaryl/α,β-unsaturated/α-hetero) is 2. The van der Waals surface area contributed by atoms with E-state index < -0.39 is 41.5 Å². The lowest BCUT2D eigenvalue weighted by atomic mass is 10.0. The van der Waals surface area contributed by atoms with Gasteiger partial charge in [0.25, 0.3) is 0 Å². The third kappa shape index (κ3) is 3.53. The van der Waals surface area contributed by atoms with Gasteiger partial charge in [-0.1, -0.05) is 0 Å². The molecule has 0 atom stereocenters. The highest BCUT2D eigenvalue weighted by molar-refractivity contribution is 6.10. The molecule has 0 aliphatic carbocycles. The summed E-state index contributed by atoms with van der Waals surface area (Å²) >= 11 is 0. The highest BCUT2D eigenvalue weighted by atomic mass is 19.4. The molecule has 116 valence electrons.